The Balaban J connectivity index is 1.98. The van der Waals surface area contributed by atoms with Crippen molar-refractivity contribution in [1.29, 1.82) is 0 Å². The molecule has 2 fully saturated rings. The Morgan fingerprint density at radius 1 is 1.12 bits per heavy atom. The van der Waals surface area contributed by atoms with Crippen molar-refractivity contribution in [3.63, 3.8) is 0 Å². The van der Waals surface area contributed by atoms with E-state index in [0.717, 1.165) is 26.2 Å². The second kappa shape index (κ2) is 5.25. The first-order valence-corrected chi connectivity index (χ1v) is 7.23. The fourth-order valence-corrected chi connectivity index (χ4v) is 3.55. The average molecular weight is 240 g/mol. The fourth-order valence-electron chi connectivity index (χ4n) is 3.55. The van der Waals surface area contributed by atoms with Crippen LogP contribution in [0.2, 0.25) is 0 Å². The minimum atomic E-state index is 0.160. The maximum Gasteiger partial charge on any atom is 0.0663 e. The van der Waals surface area contributed by atoms with E-state index in [4.69, 9.17) is 10.5 Å². The molecule has 0 radical (unpaired) electrons. The van der Waals surface area contributed by atoms with Gasteiger partial charge in [0, 0.05) is 13.2 Å². The SMILES string of the molecule is CCC1(CC)CCN(C2(CN)CCOC2)CC1. The first-order valence-electron chi connectivity index (χ1n) is 7.23. The molecular formula is C14H28N2O. The number of nitrogens with zero attached hydrogens (tertiary/aromatic N) is 1. The largest absolute Gasteiger partial charge is 0.379 e. The highest BCUT2D eigenvalue weighted by atomic mass is 16.5. The van der Waals surface area contributed by atoms with E-state index < -0.39 is 0 Å². The summed E-state index contributed by atoms with van der Waals surface area (Å²) in [5.74, 6) is 0. The van der Waals surface area contributed by atoms with Gasteiger partial charge in [-0.25, -0.2) is 0 Å². The van der Waals surface area contributed by atoms with Crippen molar-refractivity contribution >= 4 is 0 Å². The van der Waals surface area contributed by atoms with Crippen LogP contribution in [0.1, 0.15) is 46.0 Å². The second-order valence-corrected chi connectivity index (χ2v) is 5.93. The first-order chi connectivity index (χ1) is 8.20. The summed E-state index contributed by atoms with van der Waals surface area (Å²) < 4.78 is 5.59. The molecule has 1 atom stereocenters. The van der Waals surface area contributed by atoms with E-state index in [1.54, 1.807) is 0 Å². The summed E-state index contributed by atoms with van der Waals surface area (Å²) in [6, 6.07) is 0. The second-order valence-electron chi connectivity index (χ2n) is 5.93. The zero-order valence-electron chi connectivity index (χ0n) is 11.5. The van der Waals surface area contributed by atoms with Crippen LogP contribution in [0.4, 0.5) is 0 Å². The Morgan fingerprint density at radius 3 is 2.18 bits per heavy atom. The van der Waals surface area contributed by atoms with Crippen molar-refractivity contribution in [2.24, 2.45) is 11.1 Å². The van der Waals surface area contributed by atoms with Gasteiger partial charge in [0.05, 0.1) is 12.1 Å². The van der Waals surface area contributed by atoms with Crippen LogP contribution < -0.4 is 5.73 Å². The number of piperidine rings is 1. The van der Waals surface area contributed by atoms with Crippen LogP contribution in [-0.4, -0.2) is 43.3 Å². The third-order valence-corrected chi connectivity index (χ3v) is 5.46. The van der Waals surface area contributed by atoms with Gasteiger partial charge in [0.15, 0.2) is 0 Å². The molecule has 2 heterocycles. The van der Waals surface area contributed by atoms with Gasteiger partial charge in [0.2, 0.25) is 0 Å². The van der Waals surface area contributed by atoms with Gasteiger partial charge in [-0.2, -0.15) is 0 Å². The zero-order valence-corrected chi connectivity index (χ0v) is 11.5. The molecule has 2 N–H and O–H groups in total. The zero-order chi connectivity index (χ0) is 12.4. The highest BCUT2D eigenvalue weighted by Gasteiger charge is 2.43. The molecule has 2 aliphatic heterocycles. The summed E-state index contributed by atoms with van der Waals surface area (Å²) in [6.07, 6.45) is 6.44. The minimum absolute atomic E-state index is 0.160. The Hall–Kier alpha value is -0.120. The predicted molar refractivity (Wildman–Crippen MR) is 71.0 cm³/mol. The monoisotopic (exact) mass is 240 g/mol. The van der Waals surface area contributed by atoms with Crippen LogP contribution >= 0.6 is 0 Å². The summed E-state index contributed by atoms with van der Waals surface area (Å²) >= 11 is 0. The Morgan fingerprint density at radius 2 is 1.76 bits per heavy atom. The van der Waals surface area contributed by atoms with E-state index in [0.29, 0.717) is 5.41 Å². The highest BCUT2D eigenvalue weighted by Crippen LogP contribution is 2.40. The molecule has 1 unspecified atom stereocenters. The predicted octanol–water partition coefficient (Wildman–Crippen LogP) is 2.01. The molecule has 0 bridgehead atoms. The summed E-state index contributed by atoms with van der Waals surface area (Å²) in [5, 5.41) is 0. The molecule has 0 aliphatic carbocycles. The molecule has 3 heteroatoms. The molecule has 0 spiro atoms. The molecule has 17 heavy (non-hydrogen) atoms. The maximum absolute atomic E-state index is 6.01. The lowest BCUT2D eigenvalue weighted by molar-refractivity contribution is 0.0100. The lowest BCUT2D eigenvalue weighted by Gasteiger charge is -2.48. The van der Waals surface area contributed by atoms with E-state index >= 15 is 0 Å². The summed E-state index contributed by atoms with van der Waals surface area (Å²) in [4.78, 5) is 2.61. The van der Waals surface area contributed by atoms with E-state index in [1.807, 2.05) is 0 Å². The minimum Gasteiger partial charge on any atom is -0.379 e. The van der Waals surface area contributed by atoms with Gasteiger partial charge in [0.25, 0.3) is 0 Å². The molecule has 0 aromatic rings. The Kier molecular flexibility index (Phi) is 4.11. The normalized spacial score (nSPS) is 34.1. The summed E-state index contributed by atoms with van der Waals surface area (Å²) in [7, 11) is 0. The van der Waals surface area contributed by atoms with Gasteiger partial charge in [-0.05, 0) is 37.8 Å². The molecule has 0 aromatic heterocycles. The molecular weight excluding hydrogens is 212 g/mol. The van der Waals surface area contributed by atoms with Gasteiger partial charge in [-0.1, -0.05) is 26.7 Å². The first kappa shape index (κ1) is 13.3. The van der Waals surface area contributed by atoms with Crippen molar-refractivity contribution in [2.75, 3.05) is 32.8 Å². The van der Waals surface area contributed by atoms with Crippen LogP contribution in [-0.2, 0) is 4.74 Å². The van der Waals surface area contributed by atoms with Crippen molar-refractivity contribution in [3.05, 3.63) is 0 Å². The van der Waals surface area contributed by atoms with E-state index in [2.05, 4.69) is 18.7 Å². The molecule has 2 rings (SSSR count). The van der Waals surface area contributed by atoms with Crippen LogP contribution in [0.3, 0.4) is 0 Å². The van der Waals surface area contributed by atoms with E-state index in [-0.39, 0.29) is 5.54 Å². The molecule has 0 aromatic carbocycles. The van der Waals surface area contributed by atoms with E-state index in [9.17, 15) is 0 Å². The number of ether oxygens (including phenoxy) is 1. The van der Waals surface area contributed by atoms with E-state index in [1.165, 1.54) is 38.8 Å². The Labute approximate surface area is 106 Å². The van der Waals surface area contributed by atoms with Gasteiger partial charge in [-0.15, -0.1) is 0 Å². The number of hydrogen-bond acceptors (Lipinski definition) is 3. The van der Waals surface area contributed by atoms with Gasteiger partial charge in [0.1, 0.15) is 0 Å². The summed E-state index contributed by atoms with van der Waals surface area (Å²) in [5.41, 5.74) is 6.77. The van der Waals surface area contributed by atoms with Crippen LogP contribution in [0, 0.1) is 5.41 Å². The molecule has 3 nitrogen and oxygen atoms in total. The van der Waals surface area contributed by atoms with Crippen LogP contribution in [0.25, 0.3) is 0 Å². The lowest BCUT2D eigenvalue weighted by Crippen LogP contribution is -2.58. The van der Waals surface area contributed by atoms with Crippen molar-refractivity contribution in [1.82, 2.24) is 4.90 Å². The third kappa shape index (κ3) is 2.38. The number of rotatable bonds is 4. The van der Waals surface area contributed by atoms with Gasteiger partial charge >= 0.3 is 0 Å². The maximum atomic E-state index is 6.01. The molecule has 100 valence electrons. The fraction of sp³-hybridized carbons (Fsp3) is 1.00. The lowest BCUT2D eigenvalue weighted by atomic mass is 9.73. The smallest absolute Gasteiger partial charge is 0.0663 e. The van der Waals surface area contributed by atoms with Gasteiger partial charge < -0.3 is 10.5 Å². The highest BCUT2D eigenvalue weighted by molar-refractivity contribution is 4.98. The van der Waals surface area contributed by atoms with Crippen LogP contribution in [0.15, 0.2) is 0 Å². The standard InChI is InChI=1S/C14H28N2O/c1-3-13(4-2)5-8-16(9-6-13)14(11-15)7-10-17-12-14/h3-12,15H2,1-2H3. The molecule has 0 saturated carbocycles. The number of nitrogens with two attached hydrogens (primary N) is 1. The van der Waals surface area contributed by atoms with Crippen LogP contribution in [0.5, 0.6) is 0 Å². The number of likely N-dealkylation sites (tertiary alicyclic amines) is 1. The molecule has 0 amide bonds. The van der Waals surface area contributed by atoms with Gasteiger partial charge in [-0.3, -0.25) is 4.90 Å². The van der Waals surface area contributed by atoms with Crippen molar-refractivity contribution < 1.29 is 4.74 Å². The topological polar surface area (TPSA) is 38.5 Å². The molecule has 2 aliphatic rings. The summed E-state index contributed by atoms with van der Waals surface area (Å²) in [6.45, 7) is 9.59. The Bertz CT molecular complexity index is 235. The third-order valence-electron chi connectivity index (χ3n) is 5.46. The quantitative estimate of drug-likeness (QED) is 0.817. The van der Waals surface area contributed by atoms with Crippen molar-refractivity contribution in [2.45, 2.75) is 51.5 Å². The average Bonchev–Trinajstić information content (AvgIpc) is 2.89. The molecule has 2 saturated heterocycles. The van der Waals surface area contributed by atoms with Crippen molar-refractivity contribution in [3.8, 4) is 0 Å². The number of hydrogen-bond donors (Lipinski definition) is 1.